The molecule has 3 aromatic rings. The Balaban J connectivity index is 1.99. The molecule has 0 aliphatic carbocycles. The van der Waals surface area contributed by atoms with Crippen LogP contribution in [0.25, 0.3) is 10.8 Å². The number of nitrogens with one attached hydrogen (secondary N) is 1. The molecule has 0 spiro atoms. The highest BCUT2D eigenvalue weighted by molar-refractivity contribution is 6.31. The molecule has 0 bridgehead atoms. The van der Waals surface area contributed by atoms with Crippen LogP contribution in [0.3, 0.4) is 0 Å². The number of fused-ring (bicyclic) bond motifs is 1. The summed E-state index contributed by atoms with van der Waals surface area (Å²) in [7, 11) is 1.54. The number of benzene rings is 2. The largest absolute Gasteiger partial charge is 0.495 e. The molecule has 1 N–H and O–H groups in total. The standard InChI is InChI=1S/C17H13ClN2O2/c1-22-15-7-6-12(18)10-14(15)20-17(21)16-13-5-3-2-4-11(13)8-9-19-16/h2-10H,1H3,(H,20,21). The summed E-state index contributed by atoms with van der Waals surface area (Å²) in [4.78, 5) is 16.7. The van der Waals surface area contributed by atoms with Crippen molar-refractivity contribution in [2.45, 2.75) is 0 Å². The summed E-state index contributed by atoms with van der Waals surface area (Å²) in [5.74, 6) is 0.232. The number of aromatic nitrogens is 1. The number of ether oxygens (including phenoxy) is 1. The van der Waals surface area contributed by atoms with E-state index in [-0.39, 0.29) is 5.91 Å². The summed E-state index contributed by atoms with van der Waals surface area (Å²) in [6.45, 7) is 0. The summed E-state index contributed by atoms with van der Waals surface area (Å²) < 4.78 is 5.23. The molecular formula is C17H13ClN2O2. The van der Waals surface area contributed by atoms with Crippen molar-refractivity contribution in [1.29, 1.82) is 0 Å². The number of halogens is 1. The van der Waals surface area contributed by atoms with Crippen LogP contribution in [0.15, 0.2) is 54.7 Å². The predicted molar refractivity (Wildman–Crippen MR) is 87.7 cm³/mol. The number of pyridine rings is 1. The van der Waals surface area contributed by atoms with Gasteiger partial charge in [-0.2, -0.15) is 0 Å². The van der Waals surface area contributed by atoms with Gasteiger partial charge in [-0.1, -0.05) is 35.9 Å². The summed E-state index contributed by atoms with van der Waals surface area (Å²) in [6.07, 6.45) is 1.62. The number of nitrogens with zero attached hydrogens (tertiary/aromatic N) is 1. The van der Waals surface area contributed by atoms with E-state index in [2.05, 4.69) is 10.3 Å². The van der Waals surface area contributed by atoms with Crippen LogP contribution >= 0.6 is 11.6 Å². The lowest BCUT2D eigenvalue weighted by Crippen LogP contribution is -2.14. The maximum atomic E-state index is 12.5. The third-order valence-corrected chi connectivity index (χ3v) is 3.53. The molecule has 0 radical (unpaired) electrons. The van der Waals surface area contributed by atoms with Crippen molar-refractivity contribution in [3.8, 4) is 5.75 Å². The van der Waals surface area contributed by atoms with Crippen molar-refractivity contribution < 1.29 is 9.53 Å². The summed E-state index contributed by atoms with van der Waals surface area (Å²) in [6, 6.07) is 14.5. The monoisotopic (exact) mass is 312 g/mol. The lowest BCUT2D eigenvalue weighted by Gasteiger charge is -2.11. The van der Waals surface area contributed by atoms with Crippen molar-refractivity contribution in [2.75, 3.05) is 12.4 Å². The molecule has 1 aromatic heterocycles. The van der Waals surface area contributed by atoms with Gasteiger partial charge < -0.3 is 10.1 Å². The number of methoxy groups -OCH3 is 1. The average Bonchev–Trinajstić information content (AvgIpc) is 2.54. The molecule has 0 aliphatic heterocycles. The molecule has 0 fully saturated rings. The third kappa shape index (κ3) is 2.73. The number of rotatable bonds is 3. The van der Waals surface area contributed by atoms with Crippen molar-refractivity contribution >= 4 is 34.0 Å². The maximum absolute atomic E-state index is 12.5. The second-order valence-corrected chi connectivity index (χ2v) is 5.12. The molecule has 3 rings (SSSR count). The van der Waals surface area contributed by atoms with Crippen molar-refractivity contribution in [3.63, 3.8) is 0 Å². The van der Waals surface area contributed by atoms with Crippen molar-refractivity contribution in [1.82, 2.24) is 4.98 Å². The number of anilines is 1. The second-order valence-electron chi connectivity index (χ2n) is 4.68. The molecule has 1 amide bonds. The first kappa shape index (κ1) is 14.4. The van der Waals surface area contributed by atoms with Gasteiger partial charge >= 0.3 is 0 Å². The van der Waals surface area contributed by atoms with Gasteiger partial charge in [0.1, 0.15) is 11.4 Å². The molecule has 5 heteroatoms. The highest BCUT2D eigenvalue weighted by atomic mass is 35.5. The Hall–Kier alpha value is -2.59. The Morgan fingerprint density at radius 2 is 2.00 bits per heavy atom. The van der Waals surface area contributed by atoms with Crippen LogP contribution in [-0.4, -0.2) is 18.0 Å². The fraction of sp³-hybridized carbons (Fsp3) is 0.0588. The van der Waals surface area contributed by atoms with Gasteiger partial charge in [0.05, 0.1) is 12.8 Å². The topological polar surface area (TPSA) is 51.2 Å². The average molecular weight is 313 g/mol. The predicted octanol–water partition coefficient (Wildman–Crippen LogP) is 4.15. The number of hydrogen-bond donors (Lipinski definition) is 1. The molecule has 0 saturated carbocycles. The normalized spacial score (nSPS) is 10.5. The van der Waals surface area contributed by atoms with Gasteiger partial charge in [0.15, 0.2) is 0 Å². The Morgan fingerprint density at radius 3 is 2.82 bits per heavy atom. The minimum atomic E-state index is -0.308. The molecule has 0 unspecified atom stereocenters. The van der Waals surface area contributed by atoms with Gasteiger partial charge in [-0.25, -0.2) is 0 Å². The van der Waals surface area contributed by atoms with E-state index < -0.39 is 0 Å². The highest BCUT2D eigenvalue weighted by Crippen LogP contribution is 2.28. The molecule has 1 heterocycles. The maximum Gasteiger partial charge on any atom is 0.275 e. The Morgan fingerprint density at radius 1 is 1.18 bits per heavy atom. The summed E-state index contributed by atoms with van der Waals surface area (Å²) >= 11 is 5.98. The second kappa shape index (κ2) is 6.03. The van der Waals surface area contributed by atoms with Crippen LogP contribution in [0.1, 0.15) is 10.5 Å². The molecule has 2 aromatic carbocycles. The fourth-order valence-corrected chi connectivity index (χ4v) is 2.43. The molecule has 4 nitrogen and oxygen atoms in total. The molecule has 110 valence electrons. The van der Waals surface area contributed by atoms with Crippen molar-refractivity contribution in [2.24, 2.45) is 0 Å². The van der Waals surface area contributed by atoms with E-state index in [0.29, 0.717) is 22.2 Å². The quantitative estimate of drug-likeness (QED) is 0.790. The molecular weight excluding hydrogens is 300 g/mol. The smallest absolute Gasteiger partial charge is 0.275 e. The molecule has 0 aliphatic rings. The first-order chi connectivity index (χ1) is 10.7. The van der Waals surface area contributed by atoms with Crippen LogP contribution < -0.4 is 10.1 Å². The summed E-state index contributed by atoms with van der Waals surface area (Å²) in [5.41, 5.74) is 0.870. The van der Waals surface area contributed by atoms with Crippen LogP contribution in [-0.2, 0) is 0 Å². The zero-order valence-electron chi connectivity index (χ0n) is 11.8. The van der Waals surface area contributed by atoms with Gasteiger partial charge in [0.25, 0.3) is 5.91 Å². The van der Waals surface area contributed by atoms with E-state index in [0.717, 1.165) is 10.8 Å². The van der Waals surface area contributed by atoms with Crippen LogP contribution in [0.2, 0.25) is 5.02 Å². The Kier molecular flexibility index (Phi) is 3.94. The van der Waals surface area contributed by atoms with Gasteiger partial charge in [0.2, 0.25) is 0 Å². The first-order valence-corrected chi connectivity index (χ1v) is 7.05. The number of amides is 1. The number of carbonyl (C=O) groups excluding carboxylic acids is 1. The zero-order chi connectivity index (χ0) is 15.5. The minimum Gasteiger partial charge on any atom is -0.495 e. The Labute approximate surface area is 132 Å². The SMILES string of the molecule is COc1ccc(Cl)cc1NC(=O)c1nccc2ccccc12. The van der Waals surface area contributed by atoms with Gasteiger partial charge in [-0.15, -0.1) is 0 Å². The van der Waals surface area contributed by atoms with Gasteiger partial charge in [-0.05, 0) is 29.7 Å². The summed E-state index contributed by atoms with van der Waals surface area (Å²) in [5, 5.41) is 5.07. The lowest BCUT2D eigenvalue weighted by molar-refractivity contribution is 0.102. The fourth-order valence-electron chi connectivity index (χ4n) is 2.26. The highest BCUT2D eigenvalue weighted by Gasteiger charge is 2.14. The van der Waals surface area contributed by atoms with E-state index in [1.807, 2.05) is 30.3 Å². The lowest BCUT2D eigenvalue weighted by atomic mass is 10.1. The van der Waals surface area contributed by atoms with E-state index in [4.69, 9.17) is 16.3 Å². The van der Waals surface area contributed by atoms with Gasteiger partial charge in [-0.3, -0.25) is 9.78 Å². The van der Waals surface area contributed by atoms with Crippen molar-refractivity contribution in [3.05, 3.63) is 65.4 Å². The van der Waals surface area contributed by atoms with E-state index in [1.165, 1.54) is 7.11 Å². The van der Waals surface area contributed by atoms with E-state index >= 15 is 0 Å². The Bertz CT molecular complexity index is 844. The van der Waals surface area contributed by atoms with Crippen LogP contribution in [0, 0.1) is 0 Å². The minimum absolute atomic E-state index is 0.308. The zero-order valence-corrected chi connectivity index (χ0v) is 12.6. The van der Waals surface area contributed by atoms with E-state index in [1.54, 1.807) is 24.4 Å². The third-order valence-electron chi connectivity index (χ3n) is 3.30. The first-order valence-electron chi connectivity index (χ1n) is 6.67. The molecule has 0 atom stereocenters. The number of hydrogen-bond acceptors (Lipinski definition) is 3. The van der Waals surface area contributed by atoms with E-state index in [9.17, 15) is 4.79 Å². The van der Waals surface area contributed by atoms with Crippen LogP contribution in [0.4, 0.5) is 5.69 Å². The van der Waals surface area contributed by atoms with Gasteiger partial charge in [0, 0.05) is 16.6 Å². The number of carbonyl (C=O) groups is 1. The molecule has 22 heavy (non-hydrogen) atoms. The van der Waals surface area contributed by atoms with Crippen LogP contribution in [0.5, 0.6) is 5.75 Å². The molecule has 0 saturated heterocycles.